The summed E-state index contributed by atoms with van der Waals surface area (Å²) in [5, 5.41) is 12.0. The Balaban J connectivity index is 0.997. The van der Waals surface area contributed by atoms with Crippen LogP contribution in [0.15, 0.2) is 303 Å². The van der Waals surface area contributed by atoms with Gasteiger partial charge in [0.25, 0.3) is 0 Å². The van der Waals surface area contributed by atoms with Gasteiger partial charge in [-0.1, -0.05) is 231 Å². The first kappa shape index (κ1) is 44.7. The molecule has 14 rings (SSSR count). The van der Waals surface area contributed by atoms with Crippen molar-refractivity contribution in [1.29, 1.82) is 0 Å². The van der Waals surface area contributed by atoms with Gasteiger partial charge in [0, 0.05) is 33.3 Å². The van der Waals surface area contributed by atoms with E-state index in [4.69, 9.17) is 0 Å². The molecule has 0 bridgehead atoms. The molecule has 0 saturated carbocycles. The topological polar surface area (TPSA) is 6.48 Å². The van der Waals surface area contributed by atoms with Crippen molar-refractivity contribution in [1.82, 2.24) is 0 Å². The molecule has 0 fully saturated rings. The highest BCUT2D eigenvalue weighted by atomic mass is 15.2. The van der Waals surface area contributed by atoms with Crippen molar-refractivity contribution < 1.29 is 0 Å². The van der Waals surface area contributed by atoms with Gasteiger partial charge >= 0.3 is 0 Å². The lowest BCUT2D eigenvalue weighted by Crippen LogP contribution is -2.13. The molecule has 0 aromatic heterocycles. The molecule has 356 valence electrons. The highest BCUT2D eigenvalue weighted by Crippen LogP contribution is 2.50. The summed E-state index contributed by atoms with van der Waals surface area (Å²) in [5.74, 6) is 0. The van der Waals surface area contributed by atoms with Crippen LogP contribution in [0.4, 0.5) is 34.1 Å². The molecule has 0 saturated heterocycles. The van der Waals surface area contributed by atoms with E-state index < -0.39 is 0 Å². The maximum atomic E-state index is 2.48. The van der Waals surface area contributed by atoms with Crippen molar-refractivity contribution in [3.05, 3.63) is 303 Å². The average molecular weight is 967 g/mol. The van der Waals surface area contributed by atoms with E-state index >= 15 is 0 Å². The Morgan fingerprint density at radius 2 is 0.513 bits per heavy atom. The lowest BCUT2D eigenvalue weighted by atomic mass is 9.92. The Labute approximate surface area is 443 Å². The fraction of sp³-hybridized carbons (Fsp3) is 0. The van der Waals surface area contributed by atoms with Crippen molar-refractivity contribution in [3.8, 4) is 44.5 Å². The number of anilines is 6. The summed E-state index contributed by atoms with van der Waals surface area (Å²) in [6.45, 7) is 0. The van der Waals surface area contributed by atoms with E-state index in [1.807, 2.05) is 0 Å². The molecule has 0 radical (unpaired) electrons. The van der Waals surface area contributed by atoms with Crippen LogP contribution in [-0.4, -0.2) is 0 Å². The molecule has 2 heteroatoms. The summed E-state index contributed by atoms with van der Waals surface area (Å²) in [5.41, 5.74) is 15.8. The van der Waals surface area contributed by atoms with Crippen LogP contribution >= 0.6 is 0 Å². The maximum Gasteiger partial charge on any atom is 0.0546 e. The predicted octanol–water partition coefficient (Wildman–Crippen LogP) is 21.1. The molecule has 0 unspecified atom stereocenters. The molecule has 0 aliphatic carbocycles. The highest BCUT2D eigenvalue weighted by Gasteiger charge is 2.24. The van der Waals surface area contributed by atoms with Crippen molar-refractivity contribution >= 4 is 88.0 Å². The van der Waals surface area contributed by atoms with Gasteiger partial charge in [0.15, 0.2) is 0 Å². The van der Waals surface area contributed by atoms with Gasteiger partial charge in [0.1, 0.15) is 0 Å². The third kappa shape index (κ3) is 8.19. The second-order valence-electron chi connectivity index (χ2n) is 19.7. The first-order valence-electron chi connectivity index (χ1n) is 26.1. The fourth-order valence-corrected chi connectivity index (χ4v) is 11.4. The molecule has 76 heavy (non-hydrogen) atoms. The summed E-state index contributed by atoms with van der Waals surface area (Å²) in [7, 11) is 0. The van der Waals surface area contributed by atoms with Gasteiger partial charge < -0.3 is 9.80 Å². The van der Waals surface area contributed by atoms with Gasteiger partial charge in [-0.2, -0.15) is 0 Å². The van der Waals surface area contributed by atoms with Gasteiger partial charge in [0.05, 0.1) is 22.7 Å². The van der Waals surface area contributed by atoms with Gasteiger partial charge in [-0.25, -0.2) is 0 Å². The van der Waals surface area contributed by atoms with E-state index in [2.05, 4.69) is 313 Å². The van der Waals surface area contributed by atoms with Crippen molar-refractivity contribution in [2.45, 2.75) is 0 Å². The Bertz CT molecular complexity index is 4150. The second kappa shape index (κ2) is 19.1. The molecular weight excluding hydrogens is 917 g/mol. The zero-order chi connectivity index (χ0) is 50.4. The van der Waals surface area contributed by atoms with E-state index in [9.17, 15) is 0 Å². The summed E-state index contributed by atoms with van der Waals surface area (Å²) in [6, 6.07) is 111. The van der Waals surface area contributed by atoms with E-state index in [1.54, 1.807) is 0 Å². The third-order valence-corrected chi connectivity index (χ3v) is 15.2. The molecule has 0 heterocycles. The van der Waals surface area contributed by atoms with Crippen molar-refractivity contribution in [3.63, 3.8) is 0 Å². The van der Waals surface area contributed by atoms with E-state index in [0.29, 0.717) is 0 Å². The van der Waals surface area contributed by atoms with Gasteiger partial charge in [-0.05, 0) is 149 Å². The van der Waals surface area contributed by atoms with Gasteiger partial charge in [-0.3, -0.25) is 0 Å². The Hall–Kier alpha value is -10.0. The Morgan fingerprint density at radius 1 is 0.171 bits per heavy atom. The third-order valence-electron chi connectivity index (χ3n) is 15.2. The number of rotatable bonds is 10. The lowest BCUT2D eigenvalue weighted by Gasteiger charge is -2.31. The Morgan fingerprint density at radius 3 is 0.934 bits per heavy atom. The Kier molecular flexibility index (Phi) is 11.2. The summed E-state index contributed by atoms with van der Waals surface area (Å²) < 4.78 is 0. The van der Waals surface area contributed by atoms with Crippen LogP contribution < -0.4 is 9.80 Å². The lowest BCUT2D eigenvalue weighted by molar-refractivity contribution is 1.30. The van der Waals surface area contributed by atoms with Crippen molar-refractivity contribution in [2.24, 2.45) is 0 Å². The number of nitrogens with zero attached hydrogens (tertiary/aromatic N) is 2. The summed E-state index contributed by atoms with van der Waals surface area (Å²) in [4.78, 5) is 4.95. The molecule has 0 aliphatic heterocycles. The predicted molar refractivity (Wildman–Crippen MR) is 325 cm³/mol. The monoisotopic (exact) mass is 966 g/mol. The van der Waals surface area contributed by atoms with Crippen LogP contribution in [0.2, 0.25) is 0 Å². The normalized spacial score (nSPS) is 11.4. The number of hydrogen-bond donors (Lipinski definition) is 0. The molecule has 0 atom stereocenters. The average Bonchev–Trinajstić information content (AvgIpc) is 3.52. The van der Waals surface area contributed by atoms with Crippen LogP contribution in [-0.2, 0) is 0 Å². The van der Waals surface area contributed by atoms with Gasteiger partial charge in [-0.15, -0.1) is 0 Å². The largest absolute Gasteiger partial charge is 0.309 e. The van der Waals surface area contributed by atoms with Crippen LogP contribution in [0, 0.1) is 0 Å². The fourth-order valence-electron chi connectivity index (χ4n) is 11.4. The maximum absolute atomic E-state index is 2.48. The molecule has 14 aromatic carbocycles. The molecule has 14 aromatic rings. The minimum atomic E-state index is 1.08. The molecule has 0 spiro atoms. The first-order valence-corrected chi connectivity index (χ1v) is 26.1. The highest BCUT2D eigenvalue weighted by molar-refractivity contribution is 6.08. The van der Waals surface area contributed by atoms with Crippen molar-refractivity contribution in [2.75, 3.05) is 9.80 Å². The molecule has 0 aliphatic rings. The molecule has 0 amide bonds. The van der Waals surface area contributed by atoms with Crippen LogP contribution in [0.25, 0.3) is 98.4 Å². The summed E-state index contributed by atoms with van der Waals surface area (Å²) >= 11 is 0. The first-order chi connectivity index (χ1) is 37.7. The van der Waals surface area contributed by atoms with E-state index in [-0.39, 0.29) is 0 Å². The zero-order valence-corrected chi connectivity index (χ0v) is 41.8. The number of fused-ring (bicyclic) bond motifs is 5. The van der Waals surface area contributed by atoms with Crippen LogP contribution in [0.5, 0.6) is 0 Å². The van der Waals surface area contributed by atoms with E-state index in [0.717, 1.165) is 67.2 Å². The quantitative estimate of drug-likeness (QED) is 0.135. The smallest absolute Gasteiger partial charge is 0.0546 e. The minimum absolute atomic E-state index is 1.08. The standard InChI is InChI=1S/C74H50N2/c1-3-19-57(20-4-1)69-47-63-50-74(76(72-32-16-28-56-24-12-14-30-68(56)72)66-43-39-54(40-44-66)62-36-34-52-18-8-10-26-60(52)46-62)70(58-21-5-2-6-22-58)48-64(63)49-73(69)75(71-31-15-27-55-23-11-13-29-67(55)71)65-41-37-53(38-42-65)61-35-33-51-17-7-9-25-59(51)45-61/h1-50H. The molecule has 0 N–H and O–H groups in total. The second-order valence-corrected chi connectivity index (χ2v) is 19.7. The van der Waals surface area contributed by atoms with Crippen LogP contribution in [0.1, 0.15) is 0 Å². The van der Waals surface area contributed by atoms with E-state index in [1.165, 1.54) is 65.3 Å². The number of hydrogen-bond acceptors (Lipinski definition) is 2. The SMILES string of the molecule is c1ccc(-c2cc3cc(N(c4ccc(-c5ccc6ccccc6c5)cc4)c4cccc5ccccc45)c(-c4ccccc4)cc3cc2N(c2ccc(-c3ccc4ccccc4c3)cc2)c2cccc3ccccc23)cc1. The summed E-state index contributed by atoms with van der Waals surface area (Å²) in [6.07, 6.45) is 0. The zero-order valence-electron chi connectivity index (χ0n) is 41.8. The molecular formula is C74H50N2. The molecule has 2 nitrogen and oxygen atoms in total. The van der Waals surface area contributed by atoms with Crippen LogP contribution in [0.3, 0.4) is 0 Å². The minimum Gasteiger partial charge on any atom is -0.309 e. The number of benzene rings is 14. The van der Waals surface area contributed by atoms with Gasteiger partial charge in [0.2, 0.25) is 0 Å².